The van der Waals surface area contributed by atoms with Crippen LogP contribution in [0.3, 0.4) is 0 Å². The molecule has 2 aliphatic rings. The second-order valence-electron chi connectivity index (χ2n) is 6.50. The fraction of sp³-hybridized carbons (Fsp3) is 1.00. The summed E-state index contributed by atoms with van der Waals surface area (Å²) in [6.07, 6.45) is 10.7. The van der Waals surface area contributed by atoms with Gasteiger partial charge in [0.15, 0.2) is 0 Å². The number of hydrogen-bond donors (Lipinski definition) is 0. The molecule has 0 aromatic heterocycles. The third-order valence-corrected chi connectivity index (χ3v) is 6.39. The average molecular weight is 256 g/mol. The Bertz CT molecular complexity index is 247. The predicted molar refractivity (Wildman–Crippen MR) is 77.3 cm³/mol. The molecule has 3 heteroatoms. The van der Waals surface area contributed by atoms with Crippen molar-refractivity contribution in [2.75, 3.05) is 33.4 Å². The van der Waals surface area contributed by atoms with Crippen LogP contribution in [-0.2, 0) is 0 Å². The minimum absolute atomic E-state index is 0.460. The van der Waals surface area contributed by atoms with Crippen LogP contribution in [-0.4, -0.2) is 48.2 Å². The van der Waals surface area contributed by atoms with Gasteiger partial charge in [-0.25, -0.2) is 0 Å². The Kier molecular flexibility index (Phi) is 4.11. The van der Waals surface area contributed by atoms with E-state index >= 15 is 0 Å². The molecule has 1 spiro atoms. The van der Waals surface area contributed by atoms with Crippen LogP contribution < -0.4 is 0 Å². The molecule has 1 saturated carbocycles. The smallest absolute Gasteiger partial charge is 0.0175 e. The zero-order valence-corrected chi connectivity index (χ0v) is 12.8. The SMILES string of the molecule is CSN1CCC2(CC1)CCC(C)(N(C)C)CC2. The number of piperidine rings is 1. The van der Waals surface area contributed by atoms with Gasteiger partial charge in [-0.2, -0.15) is 0 Å². The molecular weight excluding hydrogens is 228 g/mol. The van der Waals surface area contributed by atoms with E-state index in [1.165, 1.54) is 51.6 Å². The number of rotatable bonds is 2. The maximum absolute atomic E-state index is 2.53. The molecule has 0 radical (unpaired) electrons. The molecule has 100 valence electrons. The molecule has 0 bridgehead atoms. The van der Waals surface area contributed by atoms with Gasteiger partial charge >= 0.3 is 0 Å². The Balaban J connectivity index is 1.91. The zero-order chi connectivity index (χ0) is 12.5. The van der Waals surface area contributed by atoms with Crippen molar-refractivity contribution in [1.82, 2.24) is 9.21 Å². The highest BCUT2D eigenvalue weighted by Crippen LogP contribution is 2.49. The van der Waals surface area contributed by atoms with Crippen LogP contribution in [0.1, 0.15) is 45.4 Å². The fourth-order valence-corrected chi connectivity index (χ4v) is 3.96. The largest absolute Gasteiger partial charge is 0.304 e. The molecule has 1 heterocycles. The van der Waals surface area contributed by atoms with E-state index in [4.69, 9.17) is 0 Å². The molecule has 0 N–H and O–H groups in total. The van der Waals surface area contributed by atoms with Gasteiger partial charge in [0.2, 0.25) is 0 Å². The van der Waals surface area contributed by atoms with Gasteiger partial charge in [0.05, 0.1) is 0 Å². The van der Waals surface area contributed by atoms with Gasteiger partial charge in [-0.1, -0.05) is 11.9 Å². The first kappa shape index (κ1) is 13.7. The summed E-state index contributed by atoms with van der Waals surface area (Å²) in [4.78, 5) is 2.44. The Morgan fingerprint density at radius 1 is 0.941 bits per heavy atom. The molecule has 2 rings (SSSR count). The van der Waals surface area contributed by atoms with E-state index in [1.807, 2.05) is 11.9 Å². The summed E-state index contributed by atoms with van der Waals surface area (Å²) in [6.45, 7) is 5.05. The summed E-state index contributed by atoms with van der Waals surface area (Å²) >= 11 is 1.92. The minimum Gasteiger partial charge on any atom is -0.304 e. The van der Waals surface area contributed by atoms with Crippen LogP contribution in [0.15, 0.2) is 0 Å². The zero-order valence-electron chi connectivity index (χ0n) is 12.0. The van der Waals surface area contributed by atoms with Gasteiger partial charge in [0.25, 0.3) is 0 Å². The lowest BCUT2D eigenvalue weighted by Crippen LogP contribution is -2.49. The average Bonchev–Trinajstić information content (AvgIpc) is 2.34. The highest BCUT2D eigenvalue weighted by molar-refractivity contribution is 7.96. The van der Waals surface area contributed by atoms with E-state index in [-0.39, 0.29) is 0 Å². The van der Waals surface area contributed by atoms with E-state index < -0.39 is 0 Å². The number of nitrogens with zero attached hydrogens (tertiary/aromatic N) is 2. The lowest BCUT2D eigenvalue weighted by atomic mass is 9.63. The quantitative estimate of drug-likeness (QED) is 0.700. The Labute approximate surface area is 111 Å². The maximum Gasteiger partial charge on any atom is 0.0175 e. The van der Waals surface area contributed by atoms with Crippen molar-refractivity contribution in [2.24, 2.45) is 5.41 Å². The van der Waals surface area contributed by atoms with Gasteiger partial charge in [-0.15, -0.1) is 0 Å². The van der Waals surface area contributed by atoms with E-state index in [0.717, 1.165) is 0 Å². The van der Waals surface area contributed by atoms with Crippen molar-refractivity contribution in [3.8, 4) is 0 Å². The summed E-state index contributed by atoms with van der Waals surface area (Å²) in [7, 11) is 4.49. The van der Waals surface area contributed by atoms with Crippen LogP contribution in [0.4, 0.5) is 0 Å². The molecule has 17 heavy (non-hydrogen) atoms. The molecule has 0 aromatic carbocycles. The first-order valence-corrected chi connectivity index (χ1v) is 8.14. The van der Waals surface area contributed by atoms with Crippen molar-refractivity contribution < 1.29 is 0 Å². The first-order chi connectivity index (χ1) is 8.00. The van der Waals surface area contributed by atoms with Gasteiger partial charge < -0.3 is 4.90 Å². The predicted octanol–water partition coefficient (Wildman–Crippen LogP) is 3.24. The van der Waals surface area contributed by atoms with E-state index in [1.54, 1.807) is 0 Å². The van der Waals surface area contributed by atoms with Gasteiger partial charge in [-0.3, -0.25) is 4.31 Å². The van der Waals surface area contributed by atoms with E-state index in [9.17, 15) is 0 Å². The van der Waals surface area contributed by atoms with Crippen LogP contribution in [0, 0.1) is 5.41 Å². The maximum atomic E-state index is 2.53. The Hall–Kier alpha value is 0.270. The molecular formula is C14H28N2S. The van der Waals surface area contributed by atoms with Gasteiger partial charge in [0, 0.05) is 18.6 Å². The molecule has 1 saturated heterocycles. The topological polar surface area (TPSA) is 6.48 Å². The summed E-state index contributed by atoms with van der Waals surface area (Å²) in [5.74, 6) is 0. The lowest BCUT2D eigenvalue weighted by Gasteiger charge is -2.50. The Morgan fingerprint density at radius 3 is 1.88 bits per heavy atom. The van der Waals surface area contributed by atoms with Crippen LogP contribution in [0.5, 0.6) is 0 Å². The normalized spacial score (nSPS) is 28.8. The van der Waals surface area contributed by atoms with E-state index in [0.29, 0.717) is 11.0 Å². The highest BCUT2D eigenvalue weighted by Gasteiger charge is 2.42. The van der Waals surface area contributed by atoms with Crippen molar-refractivity contribution in [1.29, 1.82) is 0 Å². The monoisotopic (exact) mass is 256 g/mol. The first-order valence-electron chi connectivity index (χ1n) is 6.96. The van der Waals surface area contributed by atoms with Crippen LogP contribution in [0.2, 0.25) is 0 Å². The summed E-state index contributed by atoms with van der Waals surface area (Å²) in [5, 5.41) is 0. The van der Waals surface area contributed by atoms with Gasteiger partial charge in [0.1, 0.15) is 0 Å². The lowest BCUT2D eigenvalue weighted by molar-refractivity contribution is 0.0233. The molecule has 0 atom stereocenters. The van der Waals surface area contributed by atoms with Crippen molar-refractivity contribution in [3.63, 3.8) is 0 Å². The third-order valence-electron chi connectivity index (χ3n) is 5.51. The summed E-state index contributed by atoms with van der Waals surface area (Å²) < 4.78 is 2.53. The second-order valence-corrected chi connectivity index (χ2v) is 7.38. The molecule has 0 aromatic rings. The third kappa shape index (κ3) is 2.82. The Morgan fingerprint density at radius 2 is 1.47 bits per heavy atom. The second kappa shape index (κ2) is 5.10. The molecule has 0 amide bonds. The van der Waals surface area contributed by atoms with Crippen LogP contribution in [0.25, 0.3) is 0 Å². The molecule has 0 unspecified atom stereocenters. The fourth-order valence-electron chi connectivity index (χ4n) is 3.41. The molecule has 2 nitrogen and oxygen atoms in total. The summed E-state index contributed by atoms with van der Waals surface area (Å²) in [6, 6.07) is 0. The van der Waals surface area contributed by atoms with Crippen molar-refractivity contribution in [2.45, 2.75) is 51.0 Å². The van der Waals surface area contributed by atoms with E-state index in [2.05, 4.69) is 36.5 Å². The highest BCUT2D eigenvalue weighted by atomic mass is 32.2. The van der Waals surface area contributed by atoms with Gasteiger partial charge in [-0.05, 0) is 71.2 Å². The molecule has 1 aliphatic heterocycles. The molecule has 2 fully saturated rings. The van der Waals surface area contributed by atoms with Crippen molar-refractivity contribution >= 4 is 11.9 Å². The standard InChI is InChI=1S/C14H28N2S/c1-13(15(2)3)5-7-14(8-6-13)9-11-16(17-4)12-10-14/h5-12H2,1-4H3. The van der Waals surface area contributed by atoms with Crippen LogP contribution >= 0.6 is 11.9 Å². The number of hydrogen-bond acceptors (Lipinski definition) is 3. The van der Waals surface area contributed by atoms with Crippen molar-refractivity contribution in [3.05, 3.63) is 0 Å². The summed E-state index contributed by atoms with van der Waals surface area (Å²) in [5.41, 5.74) is 1.16. The molecule has 1 aliphatic carbocycles. The minimum atomic E-state index is 0.460.